The van der Waals surface area contributed by atoms with Crippen LogP contribution < -0.4 is 15.9 Å². The first-order valence-corrected chi connectivity index (χ1v) is 16.9. The molecule has 0 radical (unpaired) electrons. The third-order valence-corrected chi connectivity index (χ3v) is 9.78. The molecule has 5 rings (SSSR count). The van der Waals surface area contributed by atoms with Gasteiger partial charge in [-0.05, 0) is 55.3 Å². The standard InChI is InChI=1S/C37H48BN5O3/c1-3-31(41-38)35(44)40-34-29(25-42(4-2)24-26-14-8-5-9-15-26)20-21-30-22-23-32(43(30)37(34)46)36(45)39-33(27-16-10-6-11-17-27)28-18-12-7-13-19-28/h5-19,29-34,41H,3-4,20-25,38H2,1-2H3,(H,39,45)(H,40,44)/t29-,30+,31+,32+,34+/m1/s1. The molecule has 0 spiro atoms. The van der Waals surface area contributed by atoms with E-state index in [4.69, 9.17) is 0 Å². The summed E-state index contributed by atoms with van der Waals surface area (Å²) in [5.74, 6) is -0.550. The average Bonchev–Trinajstić information content (AvgIpc) is 3.48. The van der Waals surface area contributed by atoms with E-state index in [2.05, 4.69) is 39.8 Å². The molecule has 9 heteroatoms. The number of carbonyl (C=O) groups is 3. The summed E-state index contributed by atoms with van der Waals surface area (Å²) >= 11 is 0. The summed E-state index contributed by atoms with van der Waals surface area (Å²) in [6.45, 7) is 6.37. The lowest BCUT2D eigenvalue weighted by Gasteiger charge is -2.35. The van der Waals surface area contributed by atoms with Crippen molar-refractivity contribution in [3.05, 3.63) is 108 Å². The Hall–Kier alpha value is -3.95. The molecule has 8 nitrogen and oxygen atoms in total. The van der Waals surface area contributed by atoms with Crippen LogP contribution in [0.1, 0.15) is 68.7 Å². The summed E-state index contributed by atoms with van der Waals surface area (Å²) in [6, 6.07) is 28.2. The fourth-order valence-corrected chi connectivity index (χ4v) is 7.21. The molecule has 2 saturated heterocycles. The van der Waals surface area contributed by atoms with Crippen molar-refractivity contribution < 1.29 is 14.4 Å². The van der Waals surface area contributed by atoms with Gasteiger partial charge in [0.1, 0.15) is 12.1 Å². The summed E-state index contributed by atoms with van der Waals surface area (Å²) in [7, 11) is 1.77. The lowest BCUT2D eigenvalue weighted by Crippen LogP contribution is -2.59. The van der Waals surface area contributed by atoms with Crippen molar-refractivity contribution >= 4 is 25.7 Å². The van der Waals surface area contributed by atoms with Crippen LogP contribution in [-0.2, 0) is 20.9 Å². The van der Waals surface area contributed by atoms with Crippen molar-refractivity contribution in [3.63, 3.8) is 0 Å². The molecule has 242 valence electrons. The van der Waals surface area contributed by atoms with E-state index < -0.39 is 18.1 Å². The van der Waals surface area contributed by atoms with Gasteiger partial charge in [0.2, 0.25) is 17.7 Å². The van der Waals surface area contributed by atoms with E-state index in [9.17, 15) is 14.4 Å². The Morgan fingerprint density at radius 3 is 2.02 bits per heavy atom. The first kappa shape index (κ1) is 33.4. The fraction of sp³-hybridized carbons (Fsp3) is 0.432. The van der Waals surface area contributed by atoms with Gasteiger partial charge in [0.25, 0.3) is 0 Å². The molecule has 3 aromatic carbocycles. The zero-order chi connectivity index (χ0) is 32.5. The van der Waals surface area contributed by atoms with Crippen molar-refractivity contribution in [1.82, 2.24) is 25.7 Å². The molecule has 3 aromatic rings. The number of hydrogen-bond acceptors (Lipinski definition) is 5. The molecule has 0 bridgehead atoms. The van der Waals surface area contributed by atoms with E-state index in [1.54, 1.807) is 7.98 Å². The van der Waals surface area contributed by atoms with Crippen LogP contribution in [0.5, 0.6) is 0 Å². The Morgan fingerprint density at radius 2 is 1.46 bits per heavy atom. The minimum Gasteiger partial charge on any atom is -0.352 e. The maximum Gasteiger partial charge on any atom is 0.246 e. The molecule has 3 amide bonds. The van der Waals surface area contributed by atoms with E-state index in [1.807, 2.05) is 90.7 Å². The van der Waals surface area contributed by atoms with Crippen molar-refractivity contribution in [3.8, 4) is 0 Å². The number of hydrogen-bond donors (Lipinski definition) is 3. The smallest absolute Gasteiger partial charge is 0.246 e. The van der Waals surface area contributed by atoms with E-state index in [0.29, 0.717) is 19.4 Å². The average molecular weight is 622 g/mol. The van der Waals surface area contributed by atoms with Gasteiger partial charge in [0.05, 0.1) is 12.1 Å². The van der Waals surface area contributed by atoms with Gasteiger partial charge in [-0.1, -0.05) is 105 Å². The number of nitrogens with one attached hydrogen (secondary N) is 3. The Labute approximate surface area is 274 Å². The second-order valence-corrected chi connectivity index (χ2v) is 12.6. The molecule has 0 saturated carbocycles. The van der Waals surface area contributed by atoms with E-state index >= 15 is 0 Å². The molecule has 0 aliphatic carbocycles. The molecule has 2 aliphatic heterocycles. The zero-order valence-corrected chi connectivity index (χ0v) is 27.4. The predicted molar refractivity (Wildman–Crippen MR) is 184 cm³/mol. The SMILES string of the molecule is BN[C@@H](CC)C(=O)N[C@@H]1C(=O)N2[C@@H](CC[C@@H]1CN(CC)Cc1ccccc1)CC[C@H]2C(=O)NC(c1ccccc1)c1ccccc1. The number of carbonyl (C=O) groups excluding carboxylic acids is 3. The number of nitrogens with zero attached hydrogens (tertiary/aromatic N) is 2. The Balaban J connectivity index is 1.40. The van der Waals surface area contributed by atoms with Crippen LogP contribution in [0.4, 0.5) is 0 Å². The van der Waals surface area contributed by atoms with Crippen LogP contribution in [0.15, 0.2) is 91.0 Å². The lowest BCUT2D eigenvalue weighted by molar-refractivity contribution is -0.144. The predicted octanol–water partition coefficient (Wildman–Crippen LogP) is 3.59. The third-order valence-electron chi connectivity index (χ3n) is 9.78. The lowest BCUT2D eigenvalue weighted by atomic mass is 9.92. The van der Waals surface area contributed by atoms with Gasteiger partial charge in [-0.25, -0.2) is 0 Å². The Bertz CT molecular complexity index is 1380. The Morgan fingerprint density at radius 1 is 0.870 bits per heavy atom. The highest BCUT2D eigenvalue weighted by molar-refractivity contribution is 6.07. The summed E-state index contributed by atoms with van der Waals surface area (Å²) in [5.41, 5.74) is 3.19. The quantitative estimate of drug-likeness (QED) is 0.254. The highest BCUT2D eigenvalue weighted by Crippen LogP contribution is 2.35. The van der Waals surface area contributed by atoms with Crippen molar-refractivity contribution in [2.75, 3.05) is 13.1 Å². The molecule has 5 atom stereocenters. The van der Waals surface area contributed by atoms with Gasteiger partial charge >= 0.3 is 0 Å². The zero-order valence-electron chi connectivity index (χ0n) is 27.4. The molecule has 46 heavy (non-hydrogen) atoms. The largest absolute Gasteiger partial charge is 0.352 e. The van der Waals surface area contributed by atoms with Crippen molar-refractivity contribution in [1.29, 1.82) is 0 Å². The molecule has 2 heterocycles. The summed E-state index contributed by atoms with van der Waals surface area (Å²) in [6.07, 6.45) is 3.59. The topological polar surface area (TPSA) is 93.8 Å². The van der Waals surface area contributed by atoms with E-state index in [0.717, 1.165) is 43.5 Å². The molecule has 0 unspecified atom stereocenters. The normalized spacial score (nSPS) is 21.9. The number of amides is 3. The molecule has 0 aromatic heterocycles. The van der Waals surface area contributed by atoms with E-state index in [-0.39, 0.29) is 35.7 Å². The minimum atomic E-state index is -0.711. The van der Waals surface area contributed by atoms with Gasteiger partial charge in [-0.3, -0.25) is 19.3 Å². The van der Waals surface area contributed by atoms with Crippen LogP contribution in [0, 0.1) is 5.92 Å². The van der Waals surface area contributed by atoms with E-state index in [1.165, 1.54) is 5.56 Å². The van der Waals surface area contributed by atoms with Crippen molar-refractivity contribution in [2.24, 2.45) is 5.92 Å². The number of fused-ring (bicyclic) bond motifs is 1. The first-order valence-electron chi connectivity index (χ1n) is 16.9. The van der Waals surface area contributed by atoms with Gasteiger partial charge in [0, 0.05) is 25.0 Å². The van der Waals surface area contributed by atoms with Gasteiger partial charge < -0.3 is 20.8 Å². The molecule has 2 aliphatic rings. The maximum absolute atomic E-state index is 14.6. The second-order valence-electron chi connectivity index (χ2n) is 12.6. The molecule has 2 fully saturated rings. The molecular formula is C37H48BN5O3. The van der Waals surface area contributed by atoms with Crippen LogP contribution >= 0.6 is 0 Å². The minimum absolute atomic E-state index is 0.0324. The fourth-order valence-electron chi connectivity index (χ4n) is 7.21. The van der Waals surface area contributed by atoms with Crippen LogP contribution in [0.2, 0.25) is 0 Å². The third kappa shape index (κ3) is 7.88. The Kier molecular flexibility index (Phi) is 11.7. The highest BCUT2D eigenvalue weighted by atomic mass is 16.2. The molecule has 3 N–H and O–H groups in total. The van der Waals surface area contributed by atoms with Crippen LogP contribution in [0.3, 0.4) is 0 Å². The monoisotopic (exact) mass is 621 g/mol. The van der Waals surface area contributed by atoms with Crippen molar-refractivity contribution in [2.45, 2.75) is 82.7 Å². The number of benzene rings is 3. The maximum atomic E-state index is 14.6. The summed E-state index contributed by atoms with van der Waals surface area (Å²) < 4.78 is 0. The van der Waals surface area contributed by atoms with Crippen LogP contribution in [-0.4, -0.2) is 72.8 Å². The highest BCUT2D eigenvalue weighted by Gasteiger charge is 2.48. The molecular weight excluding hydrogens is 573 g/mol. The van der Waals surface area contributed by atoms with Crippen LogP contribution in [0.25, 0.3) is 0 Å². The summed E-state index contributed by atoms with van der Waals surface area (Å²) in [5, 5.41) is 9.55. The number of rotatable bonds is 13. The second kappa shape index (κ2) is 16.1. The van der Waals surface area contributed by atoms with Gasteiger partial charge in [0.15, 0.2) is 7.98 Å². The van der Waals surface area contributed by atoms with Gasteiger partial charge in [-0.2, -0.15) is 0 Å². The van der Waals surface area contributed by atoms with Gasteiger partial charge in [-0.15, -0.1) is 0 Å². The summed E-state index contributed by atoms with van der Waals surface area (Å²) in [4.78, 5) is 46.4. The first-order chi connectivity index (χ1) is 22.4.